The maximum absolute atomic E-state index is 3.78. The second-order valence-electron chi connectivity index (χ2n) is 1.02. The van der Waals surface area contributed by atoms with Gasteiger partial charge >= 0.3 is 29.6 Å². The van der Waals surface area contributed by atoms with Crippen LogP contribution in [0.5, 0.6) is 0 Å². The van der Waals surface area contributed by atoms with Crippen molar-refractivity contribution >= 4 is 0 Å². The van der Waals surface area contributed by atoms with E-state index in [2.05, 4.69) is 4.98 Å². The molecule has 0 saturated heterocycles. The Morgan fingerprint density at radius 2 is 1.43 bits per heavy atom. The Morgan fingerprint density at radius 1 is 0.857 bits per heavy atom. The van der Waals surface area contributed by atoms with Crippen molar-refractivity contribution in [3.05, 3.63) is 30.6 Å². The van der Waals surface area contributed by atoms with Gasteiger partial charge in [-0.05, 0) is 12.1 Å². The van der Waals surface area contributed by atoms with Crippen molar-refractivity contribution in [2.24, 2.45) is 0 Å². The number of rotatable bonds is 0. The van der Waals surface area contributed by atoms with E-state index >= 15 is 0 Å². The number of aromatic nitrogens is 1. The Balaban J connectivity index is 0.000000360. The van der Waals surface area contributed by atoms with Crippen molar-refractivity contribution in [3.63, 3.8) is 0 Å². The zero-order valence-corrected chi connectivity index (χ0v) is 6.33. The third-order valence-corrected chi connectivity index (χ3v) is 0.566. The van der Waals surface area contributed by atoms with Gasteiger partial charge in [-0.1, -0.05) is 6.07 Å². The molecule has 1 heterocycles. The summed E-state index contributed by atoms with van der Waals surface area (Å²) in [6.45, 7) is 0. The summed E-state index contributed by atoms with van der Waals surface area (Å²) >= 11 is 0. The van der Waals surface area contributed by atoms with Crippen molar-refractivity contribution in [1.29, 1.82) is 0 Å². The van der Waals surface area contributed by atoms with E-state index in [0.29, 0.717) is 0 Å². The summed E-state index contributed by atoms with van der Waals surface area (Å²) < 4.78 is 0. The molecular formula is C5H5NNa+. The van der Waals surface area contributed by atoms with E-state index in [4.69, 9.17) is 0 Å². The van der Waals surface area contributed by atoms with Crippen LogP contribution in [0.4, 0.5) is 0 Å². The zero-order valence-electron chi connectivity index (χ0n) is 4.33. The summed E-state index contributed by atoms with van der Waals surface area (Å²) in [6.07, 6.45) is 3.50. The SMILES string of the molecule is [Na+].c1ccncc1. The van der Waals surface area contributed by atoms with Crippen LogP contribution in [0.25, 0.3) is 0 Å². The van der Waals surface area contributed by atoms with E-state index in [-0.39, 0.29) is 29.6 Å². The molecule has 1 aromatic rings. The van der Waals surface area contributed by atoms with Gasteiger partial charge in [-0.15, -0.1) is 0 Å². The number of hydrogen-bond acceptors (Lipinski definition) is 1. The molecule has 0 N–H and O–H groups in total. The maximum atomic E-state index is 3.78. The minimum absolute atomic E-state index is 0. The summed E-state index contributed by atoms with van der Waals surface area (Å²) in [5.41, 5.74) is 0. The average molecular weight is 102 g/mol. The second-order valence-corrected chi connectivity index (χ2v) is 1.02. The first-order chi connectivity index (χ1) is 3.00. The Morgan fingerprint density at radius 3 is 1.57 bits per heavy atom. The number of hydrogen-bond donors (Lipinski definition) is 0. The molecule has 0 bridgehead atoms. The molecule has 2 heteroatoms. The Bertz CT molecular complexity index is 80.0. The number of nitrogens with zero attached hydrogens (tertiary/aromatic N) is 1. The molecule has 1 nitrogen and oxygen atoms in total. The molecule has 0 aliphatic heterocycles. The fourth-order valence-corrected chi connectivity index (χ4v) is 0.313. The fourth-order valence-electron chi connectivity index (χ4n) is 0.313. The van der Waals surface area contributed by atoms with E-state index in [1.54, 1.807) is 12.4 Å². The van der Waals surface area contributed by atoms with Gasteiger partial charge in [-0.25, -0.2) is 0 Å². The van der Waals surface area contributed by atoms with Crippen LogP contribution < -0.4 is 29.6 Å². The van der Waals surface area contributed by atoms with Crippen LogP contribution in [-0.4, -0.2) is 4.98 Å². The van der Waals surface area contributed by atoms with Crippen LogP contribution in [0.2, 0.25) is 0 Å². The summed E-state index contributed by atoms with van der Waals surface area (Å²) in [5.74, 6) is 0. The molecule has 0 spiro atoms. The smallest absolute Gasteiger partial charge is 0.265 e. The van der Waals surface area contributed by atoms with E-state index in [1.165, 1.54) is 0 Å². The van der Waals surface area contributed by atoms with Crippen LogP contribution in [0.15, 0.2) is 30.6 Å². The van der Waals surface area contributed by atoms with Crippen molar-refractivity contribution in [1.82, 2.24) is 4.98 Å². The molecule has 0 fully saturated rings. The molecule has 0 radical (unpaired) electrons. The molecule has 0 aliphatic rings. The van der Waals surface area contributed by atoms with Crippen LogP contribution >= 0.6 is 0 Å². The van der Waals surface area contributed by atoms with Gasteiger partial charge in [0, 0.05) is 12.4 Å². The van der Waals surface area contributed by atoms with E-state index < -0.39 is 0 Å². The predicted molar refractivity (Wildman–Crippen MR) is 24.2 cm³/mol. The molecular weight excluding hydrogens is 97.1 g/mol. The second kappa shape index (κ2) is 4.31. The molecule has 0 saturated carbocycles. The van der Waals surface area contributed by atoms with Gasteiger partial charge in [-0.2, -0.15) is 0 Å². The van der Waals surface area contributed by atoms with Crippen LogP contribution in [-0.2, 0) is 0 Å². The molecule has 0 aromatic carbocycles. The molecule has 30 valence electrons. The number of pyridine rings is 1. The van der Waals surface area contributed by atoms with Gasteiger partial charge < -0.3 is 0 Å². The van der Waals surface area contributed by atoms with Crippen molar-refractivity contribution in [2.75, 3.05) is 0 Å². The zero-order chi connectivity index (χ0) is 4.24. The summed E-state index contributed by atoms with van der Waals surface area (Å²) in [6, 6.07) is 5.72. The first-order valence-electron chi connectivity index (χ1n) is 1.85. The van der Waals surface area contributed by atoms with Crippen LogP contribution in [0, 0.1) is 0 Å². The average Bonchev–Trinajstić information content (AvgIpc) is 1.72. The van der Waals surface area contributed by atoms with Gasteiger partial charge in [0.15, 0.2) is 0 Å². The fraction of sp³-hybridized carbons (Fsp3) is 0. The van der Waals surface area contributed by atoms with E-state index in [9.17, 15) is 0 Å². The quantitative estimate of drug-likeness (QED) is 0.348. The molecule has 1 rings (SSSR count). The normalized spacial score (nSPS) is 6.86. The van der Waals surface area contributed by atoms with Crippen LogP contribution in [0.3, 0.4) is 0 Å². The van der Waals surface area contributed by atoms with Crippen molar-refractivity contribution in [3.8, 4) is 0 Å². The van der Waals surface area contributed by atoms with Gasteiger partial charge in [0.05, 0.1) is 0 Å². The Kier molecular flexibility index (Phi) is 4.41. The topological polar surface area (TPSA) is 12.9 Å². The van der Waals surface area contributed by atoms with Gasteiger partial charge in [0.25, 0.3) is 0 Å². The first-order valence-corrected chi connectivity index (χ1v) is 1.85. The molecule has 1 aromatic heterocycles. The van der Waals surface area contributed by atoms with Gasteiger partial charge in [0.1, 0.15) is 0 Å². The predicted octanol–water partition coefficient (Wildman–Crippen LogP) is -1.91. The monoisotopic (exact) mass is 102 g/mol. The largest absolute Gasteiger partial charge is 1.00 e. The molecule has 0 unspecified atom stereocenters. The summed E-state index contributed by atoms with van der Waals surface area (Å²) in [4.78, 5) is 3.78. The van der Waals surface area contributed by atoms with Gasteiger partial charge in [0.2, 0.25) is 0 Å². The molecule has 7 heavy (non-hydrogen) atoms. The molecule has 0 aliphatic carbocycles. The van der Waals surface area contributed by atoms with Gasteiger partial charge in [-0.3, -0.25) is 4.98 Å². The van der Waals surface area contributed by atoms with Crippen molar-refractivity contribution in [2.45, 2.75) is 0 Å². The van der Waals surface area contributed by atoms with Crippen molar-refractivity contribution < 1.29 is 29.6 Å². The summed E-state index contributed by atoms with van der Waals surface area (Å²) in [7, 11) is 0. The van der Waals surface area contributed by atoms with Crippen LogP contribution in [0.1, 0.15) is 0 Å². The van der Waals surface area contributed by atoms with E-state index in [1.807, 2.05) is 18.2 Å². The molecule has 0 amide bonds. The Labute approximate surface area is 65.1 Å². The third kappa shape index (κ3) is 2.80. The standard InChI is InChI=1S/C5H5N.Na/c1-2-4-6-5-3-1;/h1-5H;/q;+1. The Hall–Kier alpha value is 0.150. The molecule has 0 atom stereocenters. The minimum Gasteiger partial charge on any atom is -0.265 e. The maximum Gasteiger partial charge on any atom is 1.00 e. The first kappa shape index (κ1) is 7.15. The minimum atomic E-state index is 0. The summed E-state index contributed by atoms with van der Waals surface area (Å²) in [5, 5.41) is 0. The van der Waals surface area contributed by atoms with E-state index in [0.717, 1.165) is 0 Å². The third-order valence-electron chi connectivity index (χ3n) is 0.566.